The molecule has 1 N–H and O–H groups in total. The standard InChI is InChI=1S/C18H15N3O3/c22-18-15(11-16(21(23)24)17-19-7-8-20(17)18)10-12-5-6-13-3-1-2-4-14(13)9-12/h1-6,9,11,19H,7-8,10H2. The first kappa shape index (κ1) is 14.4. The molecule has 0 radical (unpaired) electrons. The highest BCUT2D eigenvalue weighted by Gasteiger charge is 2.25. The van der Waals surface area contributed by atoms with Gasteiger partial charge in [-0.25, -0.2) is 0 Å². The number of nitro groups is 1. The maximum absolute atomic E-state index is 12.6. The molecule has 24 heavy (non-hydrogen) atoms. The molecule has 0 unspecified atom stereocenters. The van der Waals surface area contributed by atoms with Crippen LogP contribution in [0.15, 0.2) is 53.3 Å². The van der Waals surface area contributed by atoms with Crippen LogP contribution in [0.1, 0.15) is 11.1 Å². The van der Waals surface area contributed by atoms with Crippen molar-refractivity contribution in [1.82, 2.24) is 4.57 Å². The van der Waals surface area contributed by atoms with E-state index in [0.29, 0.717) is 30.9 Å². The Kier molecular flexibility index (Phi) is 3.30. The van der Waals surface area contributed by atoms with E-state index in [2.05, 4.69) is 5.32 Å². The fourth-order valence-corrected chi connectivity index (χ4v) is 3.23. The number of aromatic nitrogens is 1. The highest BCUT2D eigenvalue weighted by Crippen LogP contribution is 2.27. The van der Waals surface area contributed by atoms with Crippen molar-refractivity contribution in [2.24, 2.45) is 0 Å². The lowest BCUT2D eigenvalue weighted by Crippen LogP contribution is -2.23. The van der Waals surface area contributed by atoms with Gasteiger partial charge >= 0.3 is 5.69 Å². The van der Waals surface area contributed by atoms with Crippen LogP contribution in [0.2, 0.25) is 0 Å². The number of nitrogens with zero attached hydrogens (tertiary/aromatic N) is 2. The van der Waals surface area contributed by atoms with Gasteiger partial charge in [-0.15, -0.1) is 0 Å². The van der Waals surface area contributed by atoms with Crippen molar-refractivity contribution in [3.05, 3.63) is 80.1 Å². The number of hydrogen-bond acceptors (Lipinski definition) is 4. The van der Waals surface area contributed by atoms with E-state index >= 15 is 0 Å². The monoisotopic (exact) mass is 321 g/mol. The third kappa shape index (κ3) is 2.32. The predicted molar refractivity (Wildman–Crippen MR) is 92.6 cm³/mol. The molecule has 0 aliphatic carbocycles. The Morgan fingerprint density at radius 1 is 1.12 bits per heavy atom. The fourth-order valence-electron chi connectivity index (χ4n) is 3.23. The summed E-state index contributed by atoms with van der Waals surface area (Å²) in [5.41, 5.74) is 1.22. The van der Waals surface area contributed by atoms with Crippen molar-refractivity contribution in [3.8, 4) is 0 Å². The van der Waals surface area contributed by atoms with Crippen LogP contribution in [0.5, 0.6) is 0 Å². The second-order valence-electron chi connectivity index (χ2n) is 5.90. The van der Waals surface area contributed by atoms with Crippen LogP contribution in [-0.2, 0) is 13.0 Å². The number of nitrogens with one attached hydrogen (secondary N) is 1. The maximum atomic E-state index is 12.6. The minimum absolute atomic E-state index is 0.0390. The van der Waals surface area contributed by atoms with Crippen LogP contribution in [0, 0.1) is 10.1 Å². The van der Waals surface area contributed by atoms with Gasteiger partial charge in [0.05, 0.1) is 4.92 Å². The number of pyridine rings is 1. The van der Waals surface area contributed by atoms with Crippen molar-refractivity contribution < 1.29 is 4.92 Å². The van der Waals surface area contributed by atoms with Gasteiger partial charge in [-0.2, -0.15) is 0 Å². The topological polar surface area (TPSA) is 77.2 Å². The summed E-state index contributed by atoms with van der Waals surface area (Å²) in [5, 5.41) is 16.4. The Morgan fingerprint density at radius 3 is 2.71 bits per heavy atom. The Hall–Kier alpha value is -3.15. The molecular weight excluding hydrogens is 306 g/mol. The first-order chi connectivity index (χ1) is 11.6. The molecule has 0 amide bonds. The number of hydrogen-bond donors (Lipinski definition) is 1. The number of benzene rings is 2. The normalized spacial score (nSPS) is 12.8. The molecule has 0 spiro atoms. The lowest BCUT2D eigenvalue weighted by molar-refractivity contribution is -0.384. The molecule has 120 valence electrons. The van der Waals surface area contributed by atoms with E-state index in [0.717, 1.165) is 16.3 Å². The van der Waals surface area contributed by atoms with Crippen LogP contribution in [0.4, 0.5) is 11.5 Å². The maximum Gasteiger partial charge on any atom is 0.310 e. The summed E-state index contributed by atoms with van der Waals surface area (Å²) in [6.45, 7) is 0.996. The van der Waals surface area contributed by atoms with Crippen LogP contribution in [-0.4, -0.2) is 16.0 Å². The first-order valence-corrected chi connectivity index (χ1v) is 7.76. The van der Waals surface area contributed by atoms with Gasteiger partial charge in [0.25, 0.3) is 5.56 Å². The molecule has 1 aliphatic rings. The molecule has 0 saturated carbocycles. The zero-order chi connectivity index (χ0) is 16.7. The Labute approximate surface area is 137 Å². The predicted octanol–water partition coefficient (Wildman–Crippen LogP) is 2.93. The Bertz CT molecular complexity index is 1020. The highest BCUT2D eigenvalue weighted by molar-refractivity contribution is 5.83. The smallest absolute Gasteiger partial charge is 0.310 e. The molecule has 2 heterocycles. The molecule has 6 heteroatoms. The summed E-state index contributed by atoms with van der Waals surface area (Å²) in [7, 11) is 0. The zero-order valence-corrected chi connectivity index (χ0v) is 12.9. The summed E-state index contributed by atoms with van der Waals surface area (Å²) in [6, 6.07) is 15.4. The fraction of sp³-hybridized carbons (Fsp3) is 0.167. The average Bonchev–Trinajstić information content (AvgIpc) is 3.07. The zero-order valence-electron chi connectivity index (χ0n) is 12.9. The number of rotatable bonds is 3. The van der Waals surface area contributed by atoms with Gasteiger partial charge in [0.2, 0.25) is 0 Å². The minimum atomic E-state index is -0.437. The van der Waals surface area contributed by atoms with Crippen LogP contribution in [0.3, 0.4) is 0 Å². The molecule has 1 aromatic heterocycles. The van der Waals surface area contributed by atoms with Gasteiger partial charge < -0.3 is 5.32 Å². The molecule has 2 aromatic carbocycles. The van der Waals surface area contributed by atoms with Crippen molar-refractivity contribution in [2.45, 2.75) is 13.0 Å². The van der Waals surface area contributed by atoms with Crippen molar-refractivity contribution in [3.63, 3.8) is 0 Å². The number of fused-ring (bicyclic) bond motifs is 2. The van der Waals surface area contributed by atoms with Crippen LogP contribution in [0.25, 0.3) is 10.8 Å². The number of anilines is 1. The van der Waals surface area contributed by atoms with E-state index in [-0.39, 0.29) is 11.2 Å². The van der Waals surface area contributed by atoms with Gasteiger partial charge in [0.15, 0.2) is 5.82 Å². The van der Waals surface area contributed by atoms with E-state index in [1.54, 1.807) is 0 Å². The third-order valence-corrected chi connectivity index (χ3v) is 4.38. The van der Waals surface area contributed by atoms with Crippen LogP contribution < -0.4 is 10.9 Å². The lowest BCUT2D eigenvalue weighted by atomic mass is 10.0. The second kappa shape index (κ2) is 5.49. The minimum Gasteiger partial charge on any atom is -0.364 e. The average molecular weight is 321 g/mol. The van der Waals surface area contributed by atoms with Crippen molar-refractivity contribution in [2.75, 3.05) is 11.9 Å². The molecule has 6 nitrogen and oxygen atoms in total. The molecule has 1 aliphatic heterocycles. The molecule has 0 fully saturated rings. The van der Waals surface area contributed by atoms with Gasteiger partial charge in [-0.1, -0.05) is 42.5 Å². The molecule has 0 bridgehead atoms. The Balaban J connectivity index is 1.80. The summed E-state index contributed by atoms with van der Waals surface area (Å²) in [6.07, 6.45) is 0.380. The SMILES string of the molecule is O=c1c(Cc2ccc3ccccc3c2)cc([N+](=O)[O-])c2n1CCN2. The summed E-state index contributed by atoms with van der Waals surface area (Å²) >= 11 is 0. The summed E-state index contributed by atoms with van der Waals surface area (Å²) in [4.78, 5) is 23.5. The van der Waals surface area contributed by atoms with Gasteiger partial charge in [0.1, 0.15) is 0 Å². The highest BCUT2D eigenvalue weighted by atomic mass is 16.6. The first-order valence-electron chi connectivity index (χ1n) is 7.76. The lowest BCUT2D eigenvalue weighted by Gasteiger charge is -2.08. The van der Waals surface area contributed by atoms with E-state index in [9.17, 15) is 14.9 Å². The third-order valence-electron chi connectivity index (χ3n) is 4.38. The van der Waals surface area contributed by atoms with Gasteiger partial charge in [0, 0.05) is 31.1 Å². The second-order valence-corrected chi connectivity index (χ2v) is 5.90. The van der Waals surface area contributed by atoms with Crippen LogP contribution >= 0.6 is 0 Å². The van der Waals surface area contributed by atoms with E-state index in [1.807, 2.05) is 42.5 Å². The van der Waals surface area contributed by atoms with E-state index < -0.39 is 4.92 Å². The Morgan fingerprint density at radius 2 is 1.92 bits per heavy atom. The summed E-state index contributed by atoms with van der Waals surface area (Å²) in [5.74, 6) is 0.312. The molecular formula is C18H15N3O3. The molecule has 0 saturated heterocycles. The molecule has 0 atom stereocenters. The largest absolute Gasteiger partial charge is 0.364 e. The van der Waals surface area contributed by atoms with E-state index in [4.69, 9.17) is 0 Å². The quantitative estimate of drug-likeness (QED) is 0.594. The van der Waals surface area contributed by atoms with Gasteiger partial charge in [-0.05, 0) is 16.3 Å². The molecule has 3 aromatic rings. The van der Waals surface area contributed by atoms with Crippen molar-refractivity contribution in [1.29, 1.82) is 0 Å². The van der Waals surface area contributed by atoms with E-state index in [1.165, 1.54) is 10.6 Å². The summed E-state index contributed by atoms with van der Waals surface area (Å²) < 4.78 is 1.47. The van der Waals surface area contributed by atoms with Gasteiger partial charge in [-0.3, -0.25) is 19.5 Å². The molecule has 4 rings (SSSR count). The van der Waals surface area contributed by atoms with Crippen molar-refractivity contribution >= 4 is 22.3 Å².